The van der Waals surface area contributed by atoms with Crippen LogP contribution in [0.4, 0.5) is 0 Å². The highest BCUT2D eigenvalue weighted by Gasteiger charge is 2.40. The van der Waals surface area contributed by atoms with Gasteiger partial charge < -0.3 is 9.73 Å². The third kappa shape index (κ3) is 3.06. The van der Waals surface area contributed by atoms with E-state index in [0.717, 1.165) is 43.4 Å². The minimum Gasteiger partial charge on any atom is -0.439 e. The number of aromatic nitrogens is 1. The van der Waals surface area contributed by atoms with E-state index in [1.807, 2.05) is 24.4 Å². The average molecular weight is 311 g/mol. The molecule has 1 aromatic carbocycles. The van der Waals surface area contributed by atoms with Gasteiger partial charge in [0.25, 0.3) is 0 Å². The molecule has 1 saturated carbocycles. The van der Waals surface area contributed by atoms with Crippen LogP contribution < -0.4 is 5.32 Å². The predicted molar refractivity (Wildman–Crippen MR) is 91.0 cm³/mol. The quantitative estimate of drug-likeness (QED) is 0.942. The van der Waals surface area contributed by atoms with Crippen LogP contribution >= 0.6 is 0 Å². The topological polar surface area (TPSA) is 41.3 Å². The summed E-state index contributed by atoms with van der Waals surface area (Å²) >= 11 is 0. The van der Waals surface area contributed by atoms with Crippen molar-refractivity contribution in [2.45, 2.75) is 44.2 Å². The molecule has 0 bridgehead atoms. The SMILES string of the molecule is c1ccc(-c2cnc(CN3CCNCC34CCCCC4)o2)cc1. The second-order valence-corrected chi connectivity index (χ2v) is 6.87. The summed E-state index contributed by atoms with van der Waals surface area (Å²) in [5.74, 6) is 1.71. The van der Waals surface area contributed by atoms with E-state index >= 15 is 0 Å². The van der Waals surface area contributed by atoms with Crippen LogP contribution in [0, 0.1) is 0 Å². The monoisotopic (exact) mass is 311 g/mol. The normalized spacial score (nSPS) is 21.6. The summed E-state index contributed by atoms with van der Waals surface area (Å²) in [6.07, 6.45) is 8.53. The summed E-state index contributed by atoms with van der Waals surface area (Å²) in [4.78, 5) is 7.15. The van der Waals surface area contributed by atoms with Gasteiger partial charge >= 0.3 is 0 Å². The van der Waals surface area contributed by atoms with Crippen molar-refractivity contribution in [1.29, 1.82) is 0 Å². The molecule has 2 heterocycles. The molecule has 4 heteroatoms. The Morgan fingerprint density at radius 2 is 1.96 bits per heavy atom. The fraction of sp³-hybridized carbons (Fsp3) is 0.526. The van der Waals surface area contributed by atoms with Crippen molar-refractivity contribution in [3.63, 3.8) is 0 Å². The number of nitrogens with zero attached hydrogens (tertiary/aromatic N) is 2. The van der Waals surface area contributed by atoms with Crippen LogP contribution in [0.5, 0.6) is 0 Å². The molecule has 1 aromatic heterocycles. The van der Waals surface area contributed by atoms with Gasteiger partial charge in [0, 0.05) is 30.7 Å². The lowest BCUT2D eigenvalue weighted by Crippen LogP contribution is -2.61. The number of benzene rings is 1. The van der Waals surface area contributed by atoms with E-state index in [9.17, 15) is 0 Å². The molecular formula is C19H25N3O. The fourth-order valence-corrected chi connectivity index (χ4v) is 4.12. The smallest absolute Gasteiger partial charge is 0.209 e. The molecule has 1 N–H and O–H groups in total. The molecule has 23 heavy (non-hydrogen) atoms. The Hall–Kier alpha value is -1.65. The highest BCUT2D eigenvalue weighted by atomic mass is 16.4. The average Bonchev–Trinajstić information content (AvgIpc) is 3.07. The fourth-order valence-electron chi connectivity index (χ4n) is 4.12. The molecule has 1 aliphatic carbocycles. The molecule has 0 radical (unpaired) electrons. The van der Waals surface area contributed by atoms with Crippen molar-refractivity contribution in [3.05, 3.63) is 42.4 Å². The molecule has 0 atom stereocenters. The lowest BCUT2D eigenvalue weighted by molar-refractivity contribution is 0.0149. The van der Waals surface area contributed by atoms with E-state index in [-0.39, 0.29) is 0 Å². The number of hydrogen-bond acceptors (Lipinski definition) is 4. The molecule has 2 aliphatic rings. The first kappa shape index (κ1) is 14.9. The first-order chi connectivity index (χ1) is 11.4. The number of rotatable bonds is 3. The molecule has 1 spiro atoms. The zero-order chi connectivity index (χ0) is 15.5. The third-order valence-corrected chi connectivity index (χ3v) is 5.41. The minimum atomic E-state index is 0.317. The Morgan fingerprint density at radius 1 is 1.13 bits per heavy atom. The van der Waals surface area contributed by atoms with Crippen molar-refractivity contribution >= 4 is 0 Å². The van der Waals surface area contributed by atoms with E-state index in [2.05, 4.69) is 27.3 Å². The van der Waals surface area contributed by atoms with Crippen LogP contribution in [-0.2, 0) is 6.54 Å². The third-order valence-electron chi connectivity index (χ3n) is 5.41. The van der Waals surface area contributed by atoms with Crippen LogP contribution in [0.3, 0.4) is 0 Å². The van der Waals surface area contributed by atoms with Gasteiger partial charge in [-0.15, -0.1) is 0 Å². The van der Waals surface area contributed by atoms with Gasteiger partial charge in [0.1, 0.15) is 0 Å². The van der Waals surface area contributed by atoms with Crippen LogP contribution in [0.2, 0.25) is 0 Å². The maximum absolute atomic E-state index is 6.03. The molecule has 1 aliphatic heterocycles. The molecule has 2 fully saturated rings. The highest BCUT2D eigenvalue weighted by molar-refractivity contribution is 5.55. The molecule has 1 saturated heterocycles. The second kappa shape index (κ2) is 6.46. The zero-order valence-electron chi connectivity index (χ0n) is 13.6. The summed E-state index contributed by atoms with van der Waals surface area (Å²) in [6.45, 7) is 4.09. The Kier molecular flexibility index (Phi) is 4.19. The molecule has 0 amide bonds. The van der Waals surface area contributed by atoms with Gasteiger partial charge in [-0.3, -0.25) is 4.90 Å². The lowest BCUT2D eigenvalue weighted by atomic mass is 9.79. The van der Waals surface area contributed by atoms with Crippen molar-refractivity contribution in [3.8, 4) is 11.3 Å². The summed E-state index contributed by atoms with van der Waals surface area (Å²) in [6, 6.07) is 10.2. The number of hydrogen-bond donors (Lipinski definition) is 1. The Bertz CT molecular complexity index is 623. The Labute approximate surface area is 137 Å². The summed E-state index contributed by atoms with van der Waals surface area (Å²) in [7, 11) is 0. The van der Waals surface area contributed by atoms with Crippen LogP contribution in [0.25, 0.3) is 11.3 Å². The predicted octanol–water partition coefficient (Wildman–Crippen LogP) is 3.45. The summed E-state index contributed by atoms with van der Waals surface area (Å²) in [5.41, 5.74) is 1.41. The van der Waals surface area contributed by atoms with Gasteiger partial charge in [0.2, 0.25) is 5.89 Å². The number of oxazole rings is 1. The van der Waals surface area contributed by atoms with Gasteiger partial charge in [-0.05, 0) is 12.8 Å². The van der Waals surface area contributed by atoms with Crippen molar-refractivity contribution in [1.82, 2.24) is 15.2 Å². The summed E-state index contributed by atoms with van der Waals surface area (Å²) in [5, 5.41) is 3.60. The standard InChI is InChI=1S/C19H25N3O/c1-3-7-16(8-4-1)17-13-21-18(23-17)14-22-12-11-20-15-19(22)9-5-2-6-10-19/h1,3-4,7-8,13,20H,2,5-6,9-12,14-15H2. The van der Waals surface area contributed by atoms with Crippen molar-refractivity contribution < 1.29 is 4.42 Å². The van der Waals surface area contributed by atoms with Crippen LogP contribution in [0.15, 0.2) is 40.9 Å². The van der Waals surface area contributed by atoms with Crippen LogP contribution in [-0.4, -0.2) is 35.1 Å². The number of nitrogens with one attached hydrogen (secondary N) is 1. The minimum absolute atomic E-state index is 0.317. The highest BCUT2D eigenvalue weighted by Crippen LogP contribution is 2.35. The largest absolute Gasteiger partial charge is 0.439 e. The molecule has 4 rings (SSSR count). The van der Waals surface area contributed by atoms with E-state index < -0.39 is 0 Å². The molecule has 2 aromatic rings. The number of piperazine rings is 1. The van der Waals surface area contributed by atoms with Gasteiger partial charge in [0.15, 0.2) is 5.76 Å². The Morgan fingerprint density at radius 3 is 2.78 bits per heavy atom. The molecule has 122 valence electrons. The van der Waals surface area contributed by atoms with E-state index in [1.165, 1.54) is 32.1 Å². The van der Waals surface area contributed by atoms with E-state index in [1.54, 1.807) is 0 Å². The van der Waals surface area contributed by atoms with Gasteiger partial charge in [-0.25, -0.2) is 4.98 Å². The maximum Gasteiger partial charge on any atom is 0.209 e. The van der Waals surface area contributed by atoms with E-state index in [4.69, 9.17) is 4.42 Å². The first-order valence-corrected chi connectivity index (χ1v) is 8.82. The van der Waals surface area contributed by atoms with Crippen LogP contribution in [0.1, 0.15) is 38.0 Å². The van der Waals surface area contributed by atoms with Gasteiger partial charge in [0.05, 0.1) is 12.7 Å². The maximum atomic E-state index is 6.03. The van der Waals surface area contributed by atoms with Gasteiger partial charge in [-0.2, -0.15) is 0 Å². The summed E-state index contributed by atoms with van der Waals surface area (Å²) < 4.78 is 6.03. The Balaban J connectivity index is 1.51. The van der Waals surface area contributed by atoms with E-state index in [0.29, 0.717) is 5.54 Å². The second-order valence-electron chi connectivity index (χ2n) is 6.87. The van der Waals surface area contributed by atoms with Crippen molar-refractivity contribution in [2.24, 2.45) is 0 Å². The molecule has 0 unspecified atom stereocenters. The molecule has 4 nitrogen and oxygen atoms in total. The molecular weight excluding hydrogens is 286 g/mol. The zero-order valence-corrected chi connectivity index (χ0v) is 13.6. The van der Waals surface area contributed by atoms with Gasteiger partial charge in [-0.1, -0.05) is 49.6 Å². The lowest BCUT2D eigenvalue weighted by Gasteiger charge is -2.49. The first-order valence-electron chi connectivity index (χ1n) is 8.82. The van der Waals surface area contributed by atoms with Crippen molar-refractivity contribution in [2.75, 3.05) is 19.6 Å².